The fourth-order valence-electron chi connectivity index (χ4n) is 5.13. The van der Waals surface area contributed by atoms with E-state index in [1.165, 1.54) is 39.7 Å². The quantitative estimate of drug-likeness (QED) is 0.176. The Bertz CT molecular complexity index is 1780. The van der Waals surface area contributed by atoms with Gasteiger partial charge in [0.25, 0.3) is 0 Å². The molecule has 5 aromatic rings. The molecule has 0 fully saturated rings. The van der Waals surface area contributed by atoms with Crippen molar-refractivity contribution in [3.05, 3.63) is 82.9 Å². The number of nitrogens with two attached hydrogens (primary N) is 1. The highest BCUT2D eigenvalue weighted by atomic mass is 19.4. The van der Waals surface area contributed by atoms with Crippen molar-refractivity contribution in [2.75, 3.05) is 5.73 Å². The minimum Gasteiger partial charge on any atom is -0.487 e. The van der Waals surface area contributed by atoms with Crippen LogP contribution in [-0.4, -0.2) is 25.8 Å². The summed E-state index contributed by atoms with van der Waals surface area (Å²) < 4.78 is 80.7. The molecule has 0 aliphatic carbocycles. The van der Waals surface area contributed by atoms with Crippen LogP contribution in [0.15, 0.2) is 48.9 Å². The van der Waals surface area contributed by atoms with Crippen molar-refractivity contribution >= 4 is 28.0 Å². The second-order valence-electron chi connectivity index (χ2n) is 9.36. The van der Waals surface area contributed by atoms with Crippen molar-refractivity contribution in [2.45, 2.75) is 25.6 Å². The first-order valence-electron chi connectivity index (χ1n) is 11.6. The number of hydrogen-bond acceptors (Lipinski definition) is 4. The predicted molar refractivity (Wildman–Crippen MR) is 130 cm³/mol. The highest BCUT2D eigenvalue weighted by Gasteiger charge is 2.39. The van der Waals surface area contributed by atoms with Crippen LogP contribution in [-0.2, 0) is 19.6 Å². The summed E-state index contributed by atoms with van der Waals surface area (Å²) >= 11 is 0. The van der Waals surface area contributed by atoms with E-state index in [4.69, 9.17) is 10.5 Å². The molecule has 1 aliphatic rings. The smallest absolute Gasteiger partial charge is 0.417 e. The van der Waals surface area contributed by atoms with Gasteiger partial charge < -0.3 is 19.4 Å². The lowest BCUT2D eigenvalue weighted by atomic mass is 9.93. The van der Waals surface area contributed by atoms with Gasteiger partial charge in [0, 0.05) is 36.4 Å². The Hall–Kier alpha value is -4.41. The van der Waals surface area contributed by atoms with Crippen molar-refractivity contribution in [3.8, 4) is 16.9 Å². The third-order valence-electron chi connectivity index (χ3n) is 6.82. The van der Waals surface area contributed by atoms with Crippen molar-refractivity contribution in [3.63, 3.8) is 0 Å². The maximum Gasteiger partial charge on any atom is 0.417 e. The summed E-state index contributed by atoms with van der Waals surface area (Å²) in [5.41, 5.74) is 4.93. The van der Waals surface area contributed by atoms with Gasteiger partial charge in [0.05, 0.1) is 28.6 Å². The number of carbonyl (C=O) groups is 1. The highest BCUT2D eigenvalue weighted by Crippen LogP contribution is 2.49. The molecule has 2 aromatic carbocycles. The number of anilines is 1. The Balaban J connectivity index is 1.68. The van der Waals surface area contributed by atoms with E-state index in [9.17, 15) is 26.7 Å². The van der Waals surface area contributed by atoms with Crippen molar-refractivity contribution in [1.29, 1.82) is 0 Å². The number of rotatable bonds is 2. The zero-order chi connectivity index (χ0) is 27.1. The summed E-state index contributed by atoms with van der Waals surface area (Å²) in [6.45, 7) is 1.71. The maximum absolute atomic E-state index is 14.5. The van der Waals surface area contributed by atoms with Crippen molar-refractivity contribution in [2.24, 2.45) is 7.05 Å². The van der Waals surface area contributed by atoms with Crippen LogP contribution >= 0.6 is 0 Å². The number of imidazole rings is 1. The third-order valence-corrected chi connectivity index (χ3v) is 6.82. The summed E-state index contributed by atoms with van der Waals surface area (Å²) in [5, 5.41) is 0. The van der Waals surface area contributed by atoms with E-state index < -0.39 is 40.9 Å². The number of ether oxygens (including phenoxy) is 1. The van der Waals surface area contributed by atoms with Gasteiger partial charge in [0.2, 0.25) is 5.78 Å². The molecule has 1 aliphatic heterocycles. The molecule has 0 saturated heterocycles. The number of pyridine rings is 1. The molecule has 6 rings (SSSR count). The summed E-state index contributed by atoms with van der Waals surface area (Å²) in [4.78, 5) is 17.7. The minimum absolute atomic E-state index is 0.00146. The number of hydrogen-bond donors (Lipinski definition) is 1. The van der Waals surface area contributed by atoms with Crippen LogP contribution < -0.4 is 10.5 Å². The summed E-state index contributed by atoms with van der Waals surface area (Å²) in [6.07, 6.45) is -2.12. The molecule has 1 unspecified atom stereocenters. The largest absolute Gasteiger partial charge is 0.487 e. The Morgan fingerprint density at radius 1 is 1.16 bits per heavy atom. The number of nitrogens with zero attached hydrogens (tertiary/aromatic N) is 3. The molecule has 1 atom stereocenters. The van der Waals surface area contributed by atoms with Crippen LogP contribution in [0, 0.1) is 11.6 Å². The van der Waals surface area contributed by atoms with E-state index in [0.29, 0.717) is 11.1 Å². The summed E-state index contributed by atoms with van der Waals surface area (Å²) in [6, 6.07) is 7.26. The first-order valence-corrected chi connectivity index (χ1v) is 11.6. The molecule has 3 aromatic heterocycles. The molecule has 0 amide bonds. The Kier molecular flexibility index (Phi) is 5.07. The topological polar surface area (TPSA) is 74.5 Å². The maximum atomic E-state index is 14.5. The van der Waals surface area contributed by atoms with E-state index in [-0.39, 0.29) is 45.6 Å². The Morgan fingerprint density at radius 3 is 2.55 bits per heavy atom. The summed E-state index contributed by atoms with van der Waals surface area (Å²) in [7, 11) is 1.60. The van der Waals surface area contributed by atoms with Crippen molar-refractivity contribution in [1.82, 2.24) is 14.0 Å². The van der Waals surface area contributed by atoms with Crippen LogP contribution in [0.2, 0.25) is 0 Å². The number of aryl methyl sites for hydroxylation is 1. The van der Waals surface area contributed by atoms with Crippen LogP contribution in [0.5, 0.6) is 5.75 Å². The number of fused-ring (bicyclic) bond motifs is 4. The molecule has 0 spiro atoms. The summed E-state index contributed by atoms with van der Waals surface area (Å²) in [5.74, 6) is -2.89. The lowest BCUT2D eigenvalue weighted by Crippen LogP contribution is -2.19. The van der Waals surface area contributed by atoms with Crippen LogP contribution in [0.3, 0.4) is 0 Å². The third kappa shape index (κ3) is 3.45. The number of alkyl halides is 3. The second-order valence-corrected chi connectivity index (χ2v) is 9.36. The monoisotopic (exact) mass is 526 g/mol. The van der Waals surface area contributed by atoms with Gasteiger partial charge in [0.15, 0.2) is 5.75 Å². The zero-order valence-electron chi connectivity index (χ0n) is 20.0. The van der Waals surface area contributed by atoms with E-state index >= 15 is 0 Å². The molecule has 0 saturated carbocycles. The SMILES string of the molecule is CC1Cc2cc(C(=O)c3cc(F)c(N)c(F)c3)n3cccc(c23)-c2c(C(F)(F)F)cc3c(ncn3C)c2O1. The second kappa shape index (κ2) is 8.04. The van der Waals surface area contributed by atoms with E-state index in [1.54, 1.807) is 14.0 Å². The van der Waals surface area contributed by atoms with E-state index in [0.717, 1.165) is 18.2 Å². The molecule has 0 radical (unpaired) electrons. The van der Waals surface area contributed by atoms with Crippen molar-refractivity contribution < 1.29 is 31.5 Å². The lowest BCUT2D eigenvalue weighted by molar-refractivity contribution is -0.137. The molecular formula is C27H19F5N4O2. The number of nitrogen functional groups attached to an aromatic ring is 1. The fraction of sp³-hybridized carbons (Fsp3) is 0.185. The van der Waals surface area contributed by atoms with E-state index in [2.05, 4.69) is 4.98 Å². The van der Waals surface area contributed by atoms with Gasteiger partial charge >= 0.3 is 6.18 Å². The van der Waals surface area contributed by atoms with Gasteiger partial charge in [-0.25, -0.2) is 13.8 Å². The molecule has 194 valence electrons. The first-order chi connectivity index (χ1) is 18.0. The van der Waals surface area contributed by atoms with Gasteiger partial charge in [-0.05, 0) is 42.8 Å². The van der Waals surface area contributed by atoms with Gasteiger partial charge in [-0.15, -0.1) is 0 Å². The molecule has 6 nitrogen and oxygen atoms in total. The Labute approximate surface area is 212 Å². The standard InChI is InChI=1S/C27H19F5N4O2/c1-12-6-13-9-20(25(37)14-7-17(28)22(33)18(29)8-14)36-5-3-4-15(24(13)36)21-16(27(30,31)32)10-19-23(26(21)38-12)34-11-35(19)2/h3-5,7-12H,6,33H2,1-2H3. The van der Waals surface area contributed by atoms with Gasteiger partial charge in [-0.3, -0.25) is 4.79 Å². The van der Waals surface area contributed by atoms with Crippen LogP contribution in [0.4, 0.5) is 27.6 Å². The lowest BCUT2D eigenvalue weighted by Gasteiger charge is -2.25. The molecule has 11 heteroatoms. The zero-order valence-corrected chi connectivity index (χ0v) is 20.0. The average molecular weight is 526 g/mol. The number of benzene rings is 2. The first kappa shape index (κ1) is 24.0. The van der Waals surface area contributed by atoms with Crippen LogP contribution in [0.1, 0.15) is 34.1 Å². The number of carbonyl (C=O) groups excluding carboxylic acids is 1. The van der Waals surface area contributed by atoms with Crippen LogP contribution in [0.25, 0.3) is 27.7 Å². The molecule has 2 N–H and O–H groups in total. The molecular weight excluding hydrogens is 507 g/mol. The highest BCUT2D eigenvalue weighted by molar-refractivity contribution is 6.10. The van der Waals surface area contributed by atoms with Gasteiger partial charge in [-0.1, -0.05) is 6.07 Å². The number of halogens is 5. The molecule has 4 heterocycles. The normalized spacial score (nSPS) is 15.3. The predicted octanol–water partition coefficient (Wildman–Crippen LogP) is 5.93. The molecule has 0 bridgehead atoms. The number of aromatic nitrogens is 3. The minimum atomic E-state index is -4.73. The number of ketones is 1. The Morgan fingerprint density at radius 2 is 1.87 bits per heavy atom. The van der Waals surface area contributed by atoms with E-state index in [1.807, 2.05) is 0 Å². The van der Waals surface area contributed by atoms with Gasteiger partial charge in [-0.2, -0.15) is 13.2 Å². The molecule has 38 heavy (non-hydrogen) atoms. The van der Waals surface area contributed by atoms with Gasteiger partial charge in [0.1, 0.15) is 28.9 Å². The average Bonchev–Trinajstić information content (AvgIpc) is 3.40. The fourth-order valence-corrected chi connectivity index (χ4v) is 5.13.